The van der Waals surface area contributed by atoms with Gasteiger partial charge in [0.25, 0.3) is 0 Å². The molecule has 0 aliphatic carbocycles. The third-order valence-corrected chi connectivity index (χ3v) is 3.31. The van der Waals surface area contributed by atoms with Gasteiger partial charge in [0.15, 0.2) is 0 Å². The number of aromatic nitrogens is 3. The summed E-state index contributed by atoms with van der Waals surface area (Å²) in [5, 5.41) is 13.7. The number of rotatable bonds is 2. The summed E-state index contributed by atoms with van der Waals surface area (Å²) in [4.78, 5) is 10.8. The standard InChI is InChI=1S/C15H12N4O/c20-9-5-6-11-10(7-9)14(8-16-11)19-15-17-12-3-1-2-4-13(12)18-15/h1-8,16,20H,(H2,17,18,19). The fourth-order valence-electron chi connectivity index (χ4n) is 2.35. The molecule has 0 aliphatic heterocycles. The van der Waals surface area contributed by atoms with E-state index in [1.807, 2.05) is 36.5 Å². The molecule has 0 saturated carbocycles. The summed E-state index contributed by atoms with van der Waals surface area (Å²) in [6, 6.07) is 13.1. The predicted molar refractivity (Wildman–Crippen MR) is 79.3 cm³/mol. The fourth-order valence-corrected chi connectivity index (χ4v) is 2.35. The minimum Gasteiger partial charge on any atom is -0.508 e. The van der Waals surface area contributed by atoms with Crippen molar-refractivity contribution < 1.29 is 5.11 Å². The highest BCUT2D eigenvalue weighted by Crippen LogP contribution is 2.28. The van der Waals surface area contributed by atoms with Gasteiger partial charge < -0.3 is 20.4 Å². The molecule has 4 aromatic rings. The van der Waals surface area contributed by atoms with Crippen molar-refractivity contribution in [2.24, 2.45) is 0 Å². The first-order chi connectivity index (χ1) is 9.79. The van der Waals surface area contributed by atoms with Crippen molar-refractivity contribution in [1.29, 1.82) is 0 Å². The number of phenolic OH excluding ortho intramolecular Hbond substituents is 1. The van der Waals surface area contributed by atoms with Crippen LogP contribution in [0.2, 0.25) is 0 Å². The number of nitrogens with one attached hydrogen (secondary N) is 3. The van der Waals surface area contributed by atoms with Gasteiger partial charge in [-0.05, 0) is 30.3 Å². The zero-order valence-corrected chi connectivity index (χ0v) is 10.5. The maximum Gasteiger partial charge on any atom is 0.205 e. The summed E-state index contributed by atoms with van der Waals surface area (Å²) in [5.41, 5.74) is 3.73. The van der Waals surface area contributed by atoms with Crippen molar-refractivity contribution in [2.45, 2.75) is 0 Å². The van der Waals surface area contributed by atoms with Gasteiger partial charge in [-0.15, -0.1) is 0 Å². The van der Waals surface area contributed by atoms with Crippen LogP contribution in [0, 0.1) is 0 Å². The predicted octanol–water partition coefficient (Wildman–Crippen LogP) is 3.49. The highest BCUT2D eigenvalue weighted by atomic mass is 16.3. The van der Waals surface area contributed by atoms with E-state index in [0.29, 0.717) is 5.95 Å². The van der Waals surface area contributed by atoms with Gasteiger partial charge in [-0.1, -0.05) is 12.1 Å². The Balaban J connectivity index is 1.78. The summed E-state index contributed by atoms with van der Waals surface area (Å²) in [7, 11) is 0. The number of nitrogens with zero attached hydrogens (tertiary/aromatic N) is 1. The minimum absolute atomic E-state index is 0.241. The van der Waals surface area contributed by atoms with E-state index in [1.54, 1.807) is 12.1 Å². The van der Waals surface area contributed by atoms with Gasteiger partial charge in [0.1, 0.15) is 5.75 Å². The summed E-state index contributed by atoms with van der Waals surface area (Å²) in [6.45, 7) is 0. The molecular weight excluding hydrogens is 252 g/mol. The van der Waals surface area contributed by atoms with E-state index >= 15 is 0 Å². The molecule has 20 heavy (non-hydrogen) atoms. The lowest BCUT2D eigenvalue weighted by molar-refractivity contribution is 0.476. The van der Waals surface area contributed by atoms with Crippen LogP contribution in [-0.2, 0) is 0 Å². The molecule has 0 saturated heterocycles. The number of hydrogen-bond acceptors (Lipinski definition) is 3. The molecule has 4 N–H and O–H groups in total. The van der Waals surface area contributed by atoms with E-state index in [-0.39, 0.29) is 5.75 Å². The summed E-state index contributed by atoms with van der Waals surface area (Å²) in [6.07, 6.45) is 1.86. The number of anilines is 2. The molecule has 0 aliphatic rings. The zero-order chi connectivity index (χ0) is 13.5. The van der Waals surface area contributed by atoms with E-state index < -0.39 is 0 Å². The second kappa shape index (κ2) is 4.03. The Hall–Kier alpha value is -2.95. The highest BCUT2D eigenvalue weighted by Gasteiger charge is 2.07. The maximum atomic E-state index is 9.59. The quantitative estimate of drug-likeness (QED) is 0.447. The first-order valence-electron chi connectivity index (χ1n) is 6.31. The van der Waals surface area contributed by atoms with Gasteiger partial charge in [0, 0.05) is 17.1 Å². The lowest BCUT2D eigenvalue weighted by Crippen LogP contribution is -1.90. The third kappa shape index (κ3) is 1.68. The number of aromatic hydroxyl groups is 1. The molecule has 0 unspecified atom stereocenters. The molecule has 0 bridgehead atoms. The average molecular weight is 264 g/mol. The van der Waals surface area contributed by atoms with E-state index in [2.05, 4.69) is 20.3 Å². The van der Waals surface area contributed by atoms with Crippen molar-refractivity contribution in [2.75, 3.05) is 5.32 Å². The Morgan fingerprint density at radius 2 is 1.95 bits per heavy atom. The topological polar surface area (TPSA) is 76.7 Å². The van der Waals surface area contributed by atoms with Crippen LogP contribution < -0.4 is 5.32 Å². The number of aromatic amines is 2. The second-order valence-electron chi connectivity index (χ2n) is 4.66. The minimum atomic E-state index is 0.241. The van der Waals surface area contributed by atoms with Crippen LogP contribution in [0.5, 0.6) is 5.75 Å². The summed E-state index contributed by atoms with van der Waals surface area (Å²) >= 11 is 0. The normalized spacial score (nSPS) is 11.2. The van der Waals surface area contributed by atoms with Gasteiger partial charge >= 0.3 is 0 Å². The Morgan fingerprint density at radius 1 is 1.05 bits per heavy atom. The molecule has 2 aromatic heterocycles. The van der Waals surface area contributed by atoms with Crippen molar-refractivity contribution in [1.82, 2.24) is 15.0 Å². The third-order valence-electron chi connectivity index (χ3n) is 3.31. The Bertz CT molecular complexity index is 873. The number of phenols is 1. The smallest absolute Gasteiger partial charge is 0.205 e. The van der Waals surface area contributed by atoms with Crippen LogP contribution in [-0.4, -0.2) is 20.1 Å². The summed E-state index contributed by atoms with van der Waals surface area (Å²) in [5.74, 6) is 0.917. The Kier molecular flexibility index (Phi) is 2.20. The average Bonchev–Trinajstić information content (AvgIpc) is 3.03. The van der Waals surface area contributed by atoms with Crippen molar-refractivity contribution in [3.05, 3.63) is 48.7 Å². The van der Waals surface area contributed by atoms with Crippen LogP contribution in [0.4, 0.5) is 11.6 Å². The van der Waals surface area contributed by atoms with E-state index in [9.17, 15) is 5.11 Å². The lowest BCUT2D eigenvalue weighted by Gasteiger charge is -2.00. The number of benzene rings is 2. The molecule has 4 rings (SSSR count). The number of para-hydroxylation sites is 2. The van der Waals surface area contributed by atoms with Crippen LogP contribution in [0.3, 0.4) is 0 Å². The zero-order valence-electron chi connectivity index (χ0n) is 10.5. The van der Waals surface area contributed by atoms with Gasteiger partial charge in [-0.25, -0.2) is 4.98 Å². The SMILES string of the molecule is Oc1ccc2[nH]cc(Nc3nc4ccccc4[nH]3)c2c1. The first kappa shape index (κ1) is 10.9. The maximum absolute atomic E-state index is 9.59. The molecule has 5 heteroatoms. The molecule has 5 nitrogen and oxygen atoms in total. The largest absolute Gasteiger partial charge is 0.508 e. The van der Waals surface area contributed by atoms with Crippen molar-refractivity contribution in [3.63, 3.8) is 0 Å². The molecule has 0 radical (unpaired) electrons. The first-order valence-corrected chi connectivity index (χ1v) is 6.31. The van der Waals surface area contributed by atoms with E-state index in [0.717, 1.165) is 27.6 Å². The monoisotopic (exact) mass is 264 g/mol. The molecule has 2 aromatic carbocycles. The number of imidazole rings is 1. The Morgan fingerprint density at radius 3 is 2.85 bits per heavy atom. The van der Waals surface area contributed by atoms with Crippen molar-refractivity contribution in [3.8, 4) is 5.75 Å². The molecule has 0 fully saturated rings. The molecular formula is C15H12N4O. The van der Waals surface area contributed by atoms with Gasteiger partial charge in [-0.2, -0.15) is 0 Å². The molecule has 98 valence electrons. The highest BCUT2D eigenvalue weighted by molar-refractivity contribution is 5.95. The van der Waals surface area contributed by atoms with Gasteiger partial charge in [-0.3, -0.25) is 0 Å². The second-order valence-corrected chi connectivity index (χ2v) is 4.66. The van der Waals surface area contributed by atoms with E-state index in [1.165, 1.54) is 0 Å². The molecule has 0 spiro atoms. The molecule has 0 amide bonds. The van der Waals surface area contributed by atoms with Gasteiger partial charge in [0.05, 0.1) is 16.7 Å². The van der Waals surface area contributed by atoms with E-state index in [4.69, 9.17) is 0 Å². The summed E-state index contributed by atoms with van der Waals surface area (Å²) < 4.78 is 0. The van der Waals surface area contributed by atoms with Crippen LogP contribution in [0.25, 0.3) is 21.9 Å². The molecule has 2 heterocycles. The molecule has 0 atom stereocenters. The van der Waals surface area contributed by atoms with Crippen molar-refractivity contribution >= 4 is 33.6 Å². The number of H-pyrrole nitrogens is 2. The Labute approximate surface area is 114 Å². The van der Waals surface area contributed by atoms with Crippen LogP contribution in [0.15, 0.2) is 48.7 Å². The van der Waals surface area contributed by atoms with Gasteiger partial charge in [0.2, 0.25) is 5.95 Å². The number of hydrogen-bond donors (Lipinski definition) is 4. The lowest BCUT2D eigenvalue weighted by atomic mass is 10.2. The fraction of sp³-hybridized carbons (Fsp3) is 0. The van der Waals surface area contributed by atoms with Crippen LogP contribution in [0.1, 0.15) is 0 Å². The van der Waals surface area contributed by atoms with Crippen LogP contribution >= 0.6 is 0 Å². The number of fused-ring (bicyclic) bond motifs is 2.